The second kappa shape index (κ2) is 10.4. The van der Waals surface area contributed by atoms with E-state index in [1.807, 2.05) is 12.1 Å². The van der Waals surface area contributed by atoms with Gasteiger partial charge in [-0.1, -0.05) is 0 Å². The van der Waals surface area contributed by atoms with Gasteiger partial charge in [0.15, 0.2) is 24.1 Å². The molecule has 2 aromatic carbocycles. The number of allylic oxidation sites excluding steroid dienone is 1. The molecule has 168 valence electrons. The van der Waals surface area contributed by atoms with Gasteiger partial charge in [0.2, 0.25) is 0 Å². The summed E-state index contributed by atoms with van der Waals surface area (Å²) < 4.78 is 31.1. The number of ketones is 1. The third-order valence-electron chi connectivity index (χ3n) is 4.94. The molecule has 0 radical (unpaired) electrons. The number of ether oxygens (including phenoxy) is 3. The second-order valence-electron chi connectivity index (χ2n) is 7.10. The molecule has 0 bridgehead atoms. The molecule has 9 nitrogen and oxygen atoms in total. The average Bonchev–Trinajstić information content (AvgIpc) is 2.98. The van der Waals surface area contributed by atoms with E-state index in [-0.39, 0.29) is 41.0 Å². The fourth-order valence-electron chi connectivity index (χ4n) is 3.70. The molecule has 0 aliphatic heterocycles. The van der Waals surface area contributed by atoms with Crippen LogP contribution in [-0.4, -0.2) is 66.1 Å². The molecule has 0 saturated carbocycles. The van der Waals surface area contributed by atoms with Gasteiger partial charge in [0.05, 0.1) is 25.5 Å². The summed E-state index contributed by atoms with van der Waals surface area (Å²) in [4.78, 5) is 30.5. The van der Waals surface area contributed by atoms with Gasteiger partial charge in [0.1, 0.15) is 5.75 Å². The van der Waals surface area contributed by atoms with Crippen molar-refractivity contribution in [2.45, 2.75) is 20.3 Å². The summed E-state index contributed by atoms with van der Waals surface area (Å²) in [5.74, 6) is 1.09. The Hall–Kier alpha value is -1.84. The van der Waals surface area contributed by atoms with Crippen molar-refractivity contribution in [2.24, 2.45) is 0 Å². The number of phosphoric acid groups is 1. The molecule has 4 N–H and O–H groups in total. The molecule has 0 spiro atoms. The fourth-order valence-corrected chi connectivity index (χ4v) is 3.89. The van der Waals surface area contributed by atoms with Crippen molar-refractivity contribution in [2.75, 3.05) is 26.7 Å². The van der Waals surface area contributed by atoms with Crippen LogP contribution in [0, 0.1) is 13.8 Å². The van der Waals surface area contributed by atoms with Gasteiger partial charge in [-0.05, 0) is 60.4 Å². The Morgan fingerprint density at radius 1 is 1.09 bits per heavy atom. The molecule has 0 heterocycles. The summed E-state index contributed by atoms with van der Waals surface area (Å²) in [5, 5.41) is 0. The zero-order valence-corrected chi connectivity index (χ0v) is 18.5. The van der Waals surface area contributed by atoms with E-state index in [4.69, 9.17) is 29.7 Å². The molecule has 0 unspecified atom stereocenters. The van der Waals surface area contributed by atoms with E-state index in [0.29, 0.717) is 34.8 Å². The number of nitrogens with two attached hydrogens (primary N) is 1. The van der Waals surface area contributed by atoms with Crippen LogP contribution in [0.2, 0.25) is 0 Å². The Morgan fingerprint density at radius 3 is 2.25 bits per heavy atom. The molecule has 3 rings (SSSR count). The maximum absolute atomic E-state index is 13.0. The van der Waals surface area contributed by atoms with Crippen LogP contribution in [0.4, 0.5) is 5.69 Å². The van der Waals surface area contributed by atoms with Crippen molar-refractivity contribution in [1.29, 1.82) is 0 Å². The summed E-state index contributed by atoms with van der Waals surface area (Å²) >= 11 is 0. The van der Waals surface area contributed by atoms with Crippen LogP contribution < -0.4 is 19.9 Å². The molecule has 32 heavy (non-hydrogen) atoms. The van der Waals surface area contributed by atoms with E-state index in [1.165, 1.54) is 14.2 Å². The van der Waals surface area contributed by atoms with Crippen molar-refractivity contribution in [3.8, 4) is 17.2 Å². The molecule has 0 aromatic heterocycles. The monoisotopic (exact) mass is 473 g/mol. The van der Waals surface area contributed by atoms with Gasteiger partial charge in [-0.2, -0.15) is 0 Å². The molecule has 0 saturated heterocycles. The van der Waals surface area contributed by atoms with Crippen LogP contribution in [0.5, 0.6) is 17.2 Å². The number of fused-ring (bicyclic) bond motifs is 1. The van der Waals surface area contributed by atoms with E-state index >= 15 is 0 Å². The standard InChI is InChI=1S/C21H24NO8P.Na.H/c1-11-5-13(6-12(2)20(11)29-10-30-31(24,25)26)7-15-8-14-9-16(27-3)21(28-4)18(22)17(14)19(15)23;;/h5-7,9H,8,10,22H2,1-4H3,(H2,24,25,26);;/b15-7+;;. The Morgan fingerprint density at radius 2 is 1.72 bits per heavy atom. The normalized spacial score (nSPS) is 14.2. The maximum atomic E-state index is 13.0. The minimum absolute atomic E-state index is 0. The van der Waals surface area contributed by atoms with Gasteiger partial charge in [0, 0.05) is 12.0 Å². The number of benzene rings is 2. The quantitative estimate of drug-likeness (QED) is 0.182. The number of hydrogen-bond acceptors (Lipinski definition) is 7. The number of phosphoric ester groups is 1. The van der Waals surface area contributed by atoms with Crippen molar-refractivity contribution in [3.63, 3.8) is 0 Å². The van der Waals surface area contributed by atoms with Gasteiger partial charge in [-0.25, -0.2) is 9.09 Å². The molecular weight excluding hydrogens is 448 g/mol. The second-order valence-corrected chi connectivity index (χ2v) is 8.34. The Kier molecular flexibility index (Phi) is 8.58. The number of carbonyl (C=O) groups is 1. The first kappa shape index (κ1) is 26.4. The summed E-state index contributed by atoms with van der Waals surface area (Å²) in [6.45, 7) is 3.00. The zero-order chi connectivity index (χ0) is 22.9. The number of anilines is 1. The molecule has 0 fully saturated rings. The Labute approximate surface area is 208 Å². The summed E-state index contributed by atoms with van der Waals surface area (Å²) in [6, 6.07) is 5.39. The topological polar surface area (TPSA) is 138 Å². The molecule has 2 aromatic rings. The Balaban J connectivity index is 0.00000363. The van der Waals surface area contributed by atoms with Crippen LogP contribution in [0.25, 0.3) is 6.08 Å². The SMILES string of the molecule is COc1cc2c(c(N)c1OC)C(=O)/C(=C/c1cc(C)c(OCOP(=O)(O)O)c(C)c1)C2.[NaH]. The molecular formula is C21H25NNaO8P. The number of Topliss-reactive ketones (excluding diaryl/α,β-unsaturated/α-hetero) is 1. The van der Waals surface area contributed by atoms with E-state index in [1.54, 1.807) is 26.0 Å². The summed E-state index contributed by atoms with van der Waals surface area (Å²) in [7, 11) is -1.63. The van der Waals surface area contributed by atoms with Crippen LogP contribution >= 0.6 is 7.82 Å². The van der Waals surface area contributed by atoms with Crippen LogP contribution in [0.3, 0.4) is 0 Å². The van der Waals surface area contributed by atoms with Gasteiger partial charge in [0.25, 0.3) is 0 Å². The molecule has 1 aliphatic rings. The Bertz CT molecular complexity index is 1100. The number of aryl methyl sites for hydroxylation is 2. The first-order chi connectivity index (χ1) is 14.6. The predicted octanol–water partition coefficient (Wildman–Crippen LogP) is 2.52. The van der Waals surface area contributed by atoms with Gasteiger partial charge < -0.3 is 29.7 Å². The van der Waals surface area contributed by atoms with E-state index in [0.717, 1.165) is 22.3 Å². The fraction of sp³-hybridized carbons (Fsp3) is 0.286. The molecule has 1 aliphatic carbocycles. The number of hydrogen-bond donors (Lipinski definition) is 3. The number of methoxy groups -OCH3 is 2. The first-order valence-corrected chi connectivity index (χ1v) is 10.8. The van der Waals surface area contributed by atoms with Crippen molar-refractivity contribution < 1.29 is 37.9 Å². The van der Waals surface area contributed by atoms with Gasteiger partial charge in [-0.15, -0.1) is 0 Å². The summed E-state index contributed by atoms with van der Waals surface area (Å²) in [5.41, 5.74) is 10.4. The number of carbonyl (C=O) groups excluding carboxylic acids is 1. The van der Waals surface area contributed by atoms with Gasteiger partial charge >= 0.3 is 37.4 Å². The molecule has 0 atom stereocenters. The van der Waals surface area contributed by atoms with Crippen LogP contribution in [0.15, 0.2) is 23.8 Å². The van der Waals surface area contributed by atoms with Crippen molar-refractivity contribution in [1.82, 2.24) is 0 Å². The van der Waals surface area contributed by atoms with Gasteiger partial charge in [-0.3, -0.25) is 4.79 Å². The van der Waals surface area contributed by atoms with Crippen LogP contribution in [-0.2, 0) is 15.5 Å². The molecule has 0 amide bonds. The average molecular weight is 473 g/mol. The van der Waals surface area contributed by atoms with Crippen molar-refractivity contribution >= 4 is 54.9 Å². The third-order valence-corrected chi connectivity index (χ3v) is 5.38. The van der Waals surface area contributed by atoms with Crippen LogP contribution in [0.1, 0.15) is 32.6 Å². The third kappa shape index (κ3) is 5.55. The number of rotatable bonds is 7. The van der Waals surface area contributed by atoms with E-state index < -0.39 is 14.6 Å². The zero-order valence-electron chi connectivity index (χ0n) is 17.6. The number of nitrogen functional groups attached to an aromatic ring is 1. The van der Waals surface area contributed by atoms with Crippen molar-refractivity contribution in [3.05, 3.63) is 51.6 Å². The first-order valence-electron chi connectivity index (χ1n) is 9.28. The molecule has 11 heteroatoms. The van der Waals surface area contributed by atoms with E-state index in [2.05, 4.69) is 4.52 Å². The summed E-state index contributed by atoms with van der Waals surface area (Å²) in [6.07, 6.45) is 2.20. The minimum atomic E-state index is -4.61. The predicted molar refractivity (Wildman–Crippen MR) is 122 cm³/mol. The van der Waals surface area contributed by atoms with E-state index in [9.17, 15) is 9.36 Å².